The fourth-order valence-electron chi connectivity index (χ4n) is 3.47. The summed E-state index contributed by atoms with van der Waals surface area (Å²) in [5.41, 5.74) is 1.89. The van der Waals surface area contributed by atoms with Crippen molar-refractivity contribution in [2.45, 2.75) is 5.54 Å². The van der Waals surface area contributed by atoms with E-state index in [0.717, 1.165) is 16.7 Å². The third-order valence-corrected chi connectivity index (χ3v) is 4.61. The van der Waals surface area contributed by atoms with E-state index in [1.807, 2.05) is 41.1 Å². The molecular weight excluding hydrogens is 330 g/mol. The van der Waals surface area contributed by atoms with Gasteiger partial charge in [0.15, 0.2) is 0 Å². The number of benzene rings is 3. The SMILES string of the molecule is Fc1ccc(C(c2ccccc2)(c2ccc(F)cc2)n2ccnc2)cc1. The summed E-state index contributed by atoms with van der Waals surface area (Å²) >= 11 is 0. The van der Waals surface area contributed by atoms with Crippen LogP contribution in [0.2, 0.25) is 0 Å². The van der Waals surface area contributed by atoms with E-state index in [-0.39, 0.29) is 11.6 Å². The molecule has 0 N–H and O–H groups in total. The molecule has 0 saturated carbocycles. The Balaban J connectivity index is 2.10. The lowest BCUT2D eigenvalue weighted by Gasteiger charge is -2.37. The molecule has 0 aliphatic carbocycles. The molecule has 0 bridgehead atoms. The lowest BCUT2D eigenvalue weighted by Crippen LogP contribution is -2.37. The van der Waals surface area contributed by atoms with Gasteiger partial charge < -0.3 is 4.57 Å². The molecule has 0 saturated heterocycles. The largest absolute Gasteiger partial charge is 0.319 e. The molecule has 0 aliphatic heterocycles. The molecule has 0 fully saturated rings. The van der Waals surface area contributed by atoms with Gasteiger partial charge in [-0.25, -0.2) is 13.8 Å². The van der Waals surface area contributed by atoms with Crippen LogP contribution in [0, 0.1) is 11.6 Å². The van der Waals surface area contributed by atoms with Crippen LogP contribution in [-0.4, -0.2) is 9.55 Å². The van der Waals surface area contributed by atoms with Crippen molar-refractivity contribution in [3.63, 3.8) is 0 Å². The van der Waals surface area contributed by atoms with E-state index >= 15 is 0 Å². The zero-order valence-corrected chi connectivity index (χ0v) is 13.9. The van der Waals surface area contributed by atoms with Gasteiger partial charge in [0.25, 0.3) is 0 Å². The van der Waals surface area contributed by atoms with Crippen LogP contribution in [0.3, 0.4) is 0 Å². The van der Waals surface area contributed by atoms with E-state index < -0.39 is 5.54 Å². The Morgan fingerprint density at radius 3 is 1.62 bits per heavy atom. The van der Waals surface area contributed by atoms with Crippen molar-refractivity contribution in [3.8, 4) is 0 Å². The summed E-state index contributed by atoms with van der Waals surface area (Å²) in [4.78, 5) is 4.21. The standard InChI is InChI=1S/C22H16F2N2/c23-20-10-6-18(7-11-20)22(26-15-14-25-16-26,17-4-2-1-3-5-17)19-8-12-21(24)13-9-19/h1-16H. The van der Waals surface area contributed by atoms with Crippen LogP contribution in [0.1, 0.15) is 16.7 Å². The Labute approximate surface area is 150 Å². The summed E-state index contributed by atoms with van der Waals surface area (Å²) in [6.07, 6.45) is 5.28. The lowest BCUT2D eigenvalue weighted by atomic mass is 9.76. The second-order valence-electron chi connectivity index (χ2n) is 6.06. The van der Waals surface area contributed by atoms with Crippen LogP contribution in [0.15, 0.2) is 97.6 Å². The molecule has 4 aromatic rings. The number of imidazole rings is 1. The minimum Gasteiger partial charge on any atom is -0.319 e. The number of hydrogen-bond acceptors (Lipinski definition) is 1. The topological polar surface area (TPSA) is 17.8 Å². The second kappa shape index (κ2) is 6.56. The summed E-state index contributed by atoms with van der Waals surface area (Å²) in [5, 5.41) is 0. The molecule has 1 aromatic heterocycles. The smallest absolute Gasteiger partial charge is 0.123 e. The van der Waals surface area contributed by atoms with Gasteiger partial charge in [-0.05, 0) is 41.0 Å². The highest BCUT2D eigenvalue weighted by Crippen LogP contribution is 2.40. The van der Waals surface area contributed by atoms with E-state index in [9.17, 15) is 8.78 Å². The van der Waals surface area contributed by atoms with Gasteiger partial charge in [0.05, 0.1) is 6.33 Å². The average molecular weight is 346 g/mol. The molecule has 0 aliphatic rings. The molecule has 128 valence electrons. The van der Waals surface area contributed by atoms with Crippen molar-refractivity contribution in [2.75, 3.05) is 0 Å². The second-order valence-corrected chi connectivity index (χ2v) is 6.06. The molecule has 0 spiro atoms. The van der Waals surface area contributed by atoms with Crippen molar-refractivity contribution in [2.24, 2.45) is 0 Å². The number of hydrogen-bond donors (Lipinski definition) is 0. The molecule has 4 rings (SSSR count). The average Bonchev–Trinajstić information content (AvgIpc) is 3.21. The van der Waals surface area contributed by atoms with E-state index in [1.165, 1.54) is 24.3 Å². The monoisotopic (exact) mass is 346 g/mol. The Morgan fingerprint density at radius 1 is 0.654 bits per heavy atom. The van der Waals surface area contributed by atoms with Gasteiger partial charge in [-0.1, -0.05) is 54.6 Å². The predicted molar refractivity (Wildman–Crippen MR) is 96.7 cm³/mol. The quantitative estimate of drug-likeness (QED) is 0.475. The maximum atomic E-state index is 13.6. The molecule has 3 aromatic carbocycles. The first-order valence-corrected chi connectivity index (χ1v) is 8.27. The summed E-state index contributed by atoms with van der Waals surface area (Å²) in [7, 11) is 0. The van der Waals surface area contributed by atoms with Crippen LogP contribution < -0.4 is 0 Å². The minimum absolute atomic E-state index is 0.305. The van der Waals surface area contributed by atoms with Gasteiger partial charge >= 0.3 is 0 Å². The minimum atomic E-state index is -0.792. The number of rotatable bonds is 4. The van der Waals surface area contributed by atoms with Crippen molar-refractivity contribution in [3.05, 3.63) is 126 Å². The molecule has 1 heterocycles. The number of aromatic nitrogens is 2. The van der Waals surface area contributed by atoms with E-state index in [0.29, 0.717) is 0 Å². The molecule has 2 nitrogen and oxygen atoms in total. The Bertz CT molecular complexity index is 931. The maximum absolute atomic E-state index is 13.6. The Morgan fingerprint density at radius 2 is 1.15 bits per heavy atom. The molecule has 0 radical (unpaired) electrons. The third kappa shape index (κ3) is 2.60. The summed E-state index contributed by atoms with van der Waals surface area (Å²) in [5.74, 6) is -0.610. The zero-order valence-electron chi connectivity index (χ0n) is 13.9. The molecule has 26 heavy (non-hydrogen) atoms. The molecule has 0 atom stereocenters. The fraction of sp³-hybridized carbons (Fsp3) is 0.0455. The highest BCUT2D eigenvalue weighted by atomic mass is 19.1. The van der Waals surface area contributed by atoms with Crippen LogP contribution in [0.4, 0.5) is 8.78 Å². The van der Waals surface area contributed by atoms with Crippen LogP contribution in [0.25, 0.3) is 0 Å². The van der Waals surface area contributed by atoms with Crippen LogP contribution in [-0.2, 0) is 5.54 Å². The number of nitrogens with zero attached hydrogens (tertiary/aromatic N) is 2. The third-order valence-electron chi connectivity index (χ3n) is 4.61. The van der Waals surface area contributed by atoms with Crippen molar-refractivity contribution >= 4 is 0 Å². The van der Waals surface area contributed by atoms with Gasteiger partial charge in [0.1, 0.15) is 17.2 Å². The fourth-order valence-corrected chi connectivity index (χ4v) is 3.47. The normalized spacial score (nSPS) is 11.5. The summed E-state index contributed by atoms with van der Waals surface area (Å²) in [6, 6.07) is 22.6. The van der Waals surface area contributed by atoms with Gasteiger partial charge in [-0.15, -0.1) is 0 Å². The zero-order chi connectivity index (χ0) is 18.0. The van der Waals surface area contributed by atoms with E-state index in [2.05, 4.69) is 4.98 Å². The van der Waals surface area contributed by atoms with E-state index in [1.54, 1.807) is 36.8 Å². The van der Waals surface area contributed by atoms with Crippen LogP contribution >= 0.6 is 0 Å². The highest BCUT2D eigenvalue weighted by molar-refractivity contribution is 5.50. The molecular formula is C22H16F2N2. The molecule has 4 heteroatoms. The van der Waals surface area contributed by atoms with Crippen molar-refractivity contribution in [1.82, 2.24) is 9.55 Å². The van der Waals surface area contributed by atoms with Gasteiger partial charge in [0.2, 0.25) is 0 Å². The summed E-state index contributed by atoms with van der Waals surface area (Å²) < 4.78 is 29.2. The van der Waals surface area contributed by atoms with Gasteiger partial charge in [0, 0.05) is 12.4 Å². The summed E-state index contributed by atoms with van der Waals surface area (Å²) in [6.45, 7) is 0. The van der Waals surface area contributed by atoms with Gasteiger partial charge in [-0.3, -0.25) is 0 Å². The van der Waals surface area contributed by atoms with E-state index in [4.69, 9.17) is 0 Å². The lowest BCUT2D eigenvalue weighted by molar-refractivity contribution is 0.511. The molecule has 0 amide bonds. The van der Waals surface area contributed by atoms with Gasteiger partial charge in [-0.2, -0.15) is 0 Å². The first-order valence-electron chi connectivity index (χ1n) is 8.27. The predicted octanol–water partition coefficient (Wildman–Crippen LogP) is 5.00. The Kier molecular flexibility index (Phi) is 4.09. The number of halogens is 2. The highest BCUT2D eigenvalue weighted by Gasteiger charge is 2.38. The van der Waals surface area contributed by atoms with Crippen LogP contribution in [0.5, 0.6) is 0 Å². The first kappa shape index (κ1) is 16.2. The molecule has 0 unspecified atom stereocenters. The maximum Gasteiger partial charge on any atom is 0.123 e. The first-order chi connectivity index (χ1) is 12.7. The Hall–Kier alpha value is -3.27. The van der Waals surface area contributed by atoms with Crippen molar-refractivity contribution < 1.29 is 8.78 Å². The van der Waals surface area contributed by atoms with Crippen molar-refractivity contribution in [1.29, 1.82) is 0 Å².